The molecule has 136 valence electrons. The molecule has 0 bridgehead atoms. The Labute approximate surface area is 156 Å². The maximum absolute atomic E-state index is 12.7. The lowest BCUT2D eigenvalue weighted by atomic mass is 10.1. The number of rotatable bonds is 6. The van der Waals surface area contributed by atoms with Gasteiger partial charge in [-0.25, -0.2) is 0 Å². The summed E-state index contributed by atoms with van der Waals surface area (Å²) >= 11 is 0. The summed E-state index contributed by atoms with van der Waals surface area (Å²) in [6, 6.07) is 20.9. The third-order valence-corrected chi connectivity index (χ3v) is 4.99. The number of nitrogens with zero attached hydrogens (tertiary/aromatic N) is 1. The Morgan fingerprint density at radius 1 is 0.852 bits per heavy atom. The number of nitro groups is 1. The molecule has 6 nitrogen and oxygen atoms in total. The van der Waals surface area contributed by atoms with Gasteiger partial charge in [0.2, 0.25) is 0 Å². The highest BCUT2D eigenvalue weighted by atomic mass is 32.2. The van der Waals surface area contributed by atoms with Gasteiger partial charge in [-0.05, 0) is 29.3 Å². The first-order valence-corrected chi connectivity index (χ1v) is 9.38. The van der Waals surface area contributed by atoms with Crippen molar-refractivity contribution in [3.63, 3.8) is 0 Å². The number of benzene rings is 3. The van der Waals surface area contributed by atoms with E-state index in [4.69, 9.17) is 4.18 Å². The van der Waals surface area contributed by atoms with E-state index in [0.29, 0.717) is 5.56 Å². The molecular formula is C20H15NO5S. The highest BCUT2D eigenvalue weighted by Crippen LogP contribution is 2.27. The Kier molecular flexibility index (Phi) is 5.33. The number of hydrogen-bond acceptors (Lipinski definition) is 5. The van der Waals surface area contributed by atoms with Crippen molar-refractivity contribution in [1.82, 2.24) is 0 Å². The first-order chi connectivity index (χ1) is 13.0. The van der Waals surface area contributed by atoms with Gasteiger partial charge in [-0.15, -0.1) is 0 Å². The zero-order valence-electron chi connectivity index (χ0n) is 14.1. The molecule has 7 heteroatoms. The van der Waals surface area contributed by atoms with Gasteiger partial charge in [-0.3, -0.25) is 10.1 Å². The minimum atomic E-state index is -4.26. The summed E-state index contributed by atoms with van der Waals surface area (Å²) in [7, 11) is -4.26. The Morgan fingerprint density at radius 2 is 1.48 bits per heavy atom. The lowest BCUT2D eigenvalue weighted by molar-refractivity contribution is -0.385. The van der Waals surface area contributed by atoms with Crippen molar-refractivity contribution in [2.24, 2.45) is 0 Å². The molecule has 0 aliphatic rings. The first-order valence-electron chi connectivity index (χ1n) is 7.97. The number of nitro benzene ring substituents is 1. The maximum Gasteiger partial charge on any atom is 0.340 e. The molecule has 0 radical (unpaired) electrons. The Morgan fingerprint density at radius 3 is 2.11 bits per heavy atom. The molecule has 27 heavy (non-hydrogen) atoms. The van der Waals surface area contributed by atoms with Crippen LogP contribution in [0.2, 0.25) is 0 Å². The molecule has 3 rings (SSSR count). The minimum Gasteiger partial charge on any atom is -0.379 e. The highest BCUT2D eigenvalue weighted by molar-refractivity contribution is 7.87. The predicted octanol–water partition coefficient (Wildman–Crippen LogP) is 4.53. The van der Waals surface area contributed by atoms with E-state index in [1.54, 1.807) is 30.4 Å². The van der Waals surface area contributed by atoms with Crippen LogP contribution >= 0.6 is 0 Å². The predicted molar refractivity (Wildman–Crippen MR) is 103 cm³/mol. The summed E-state index contributed by atoms with van der Waals surface area (Å²) in [6.07, 6.45) is 3.31. The van der Waals surface area contributed by atoms with Gasteiger partial charge < -0.3 is 4.18 Å². The van der Waals surface area contributed by atoms with Gasteiger partial charge in [-0.2, -0.15) is 8.42 Å². The molecule has 0 spiro atoms. The van der Waals surface area contributed by atoms with Crippen LogP contribution in [-0.2, 0) is 10.1 Å². The van der Waals surface area contributed by atoms with E-state index in [1.807, 2.05) is 30.3 Å². The topological polar surface area (TPSA) is 86.5 Å². The summed E-state index contributed by atoms with van der Waals surface area (Å²) in [5.41, 5.74) is 0.825. The molecule has 0 heterocycles. The van der Waals surface area contributed by atoms with Gasteiger partial charge in [0, 0.05) is 12.1 Å². The van der Waals surface area contributed by atoms with Gasteiger partial charge in [0.25, 0.3) is 5.69 Å². The molecular weight excluding hydrogens is 366 g/mol. The van der Waals surface area contributed by atoms with Gasteiger partial charge in [0.15, 0.2) is 0 Å². The second kappa shape index (κ2) is 7.84. The number of para-hydroxylation sites is 1. The second-order valence-corrected chi connectivity index (χ2v) is 7.09. The van der Waals surface area contributed by atoms with Crippen LogP contribution in [0.15, 0.2) is 83.8 Å². The summed E-state index contributed by atoms with van der Waals surface area (Å²) in [5, 5.41) is 11.1. The average Bonchev–Trinajstić information content (AvgIpc) is 2.67. The van der Waals surface area contributed by atoms with Crippen molar-refractivity contribution in [2.45, 2.75) is 4.90 Å². The standard InChI is InChI=1S/C20H15NO5S/c22-21(23)18-14-13-17(12-11-16-7-3-1-4-8-16)20(15-18)27(24,25)26-19-9-5-2-6-10-19/h1-15H. The zero-order chi connectivity index (χ0) is 19.3. The molecule has 0 aliphatic heterocycles. The first kappa shape index (κ1) is 18.3. The van der Waals surface area contributed by atoms with Gasteiger partial charge in [0.1, 0.15) is 10.6 Å². The maximum atomic E-state index is 12.7. The highest BCUT2D eigenvalue weighted by Gasteiger charge is 2.23. The van der Waals surface area contributed by atoms with Crippen molar-refractivity contribution in [3.8, 4) is 5.75 Å². The SMILES string of the molecule is O=[N+]([O-])c1ccc(C=Cc2ccccc2)c(S(=O)(=O)Oc2ccccc2)c1. The van der Waals surface area contributed by atoms with Gasteiger partial charge in [-0.1, -0.05) is 60.7 Å². The fraction of sp³-hybridized carbons (Fsp3) is 0. The summed E-state index contributed by atoms with van der Waals surface area (Å²) in [5.74, 6) is 0.127. The monoisotopic (exact) mass is 381 g/mol. The average molecular weight is 381 g/mol. The molecule has 3 aromatic carbocycles. The van der Waals surface area contributed by atoms with Crippen LogP contribution in [0.4, 0.5) is 5.69 Å². The molecule has 0 saturated heterocycles. The van der Waals surface area contributed by atoms with Crippen LogP contribution in [0.25, 0.3) is 12.2 Å². The van der Waals surface area contributed by atoms with E-state index in [0.717, 1.165) is 11.6 Å². The fourth-order valence-electron chi connectivity index (χ4n) is 2.39. The third kappa shape index (κ3) is 4.59. The largest absolute Gasteiger partial charge is 0.379 e. The van der Waals surface area contributed by atoms with Crippen LogP contribution in [-0.4, -0.2) is 13.3 Å². The smallest absolute Gasteiger partial charge is 0.340 e. The Balaban J connectivity index is 2.04. The molecule has 0 saturated carbocycles. The molecule has 0 atom stereocenters. The Hall–Kier alpha value is -3.45. The number of non-ortho nitro benzene ring substituents is 1. The van der Waals surface area contributed by atoms with Crippen molar-refractivity contribution in [1.29, 1.82) is 0 Å². The molecule has 0 N–H and O–H groups in total. The van der Waals surface area contributed by atoms with Crippen molar-refractivity contribution in [2.75, 3.05) is 0 Å². The molecule has 0 fully saturated rings. The molecule has 3 aromatic rings. The van der Waals surface area contributed by atoms with Crippen LogP contribution < -0.4 is 4.18 Å². The van der Waals surface area contributed by atoms with Crippen LogP contribution in [0, 0.1) is 10.1 Å². The van der Waals surface area contributed by atoms with E-state index in [-0.39, 0.29) is 16.3 Å². The van der Waals surface area contributed by atoms with Crippen LogP contribution in [0.1, 0.15) is 11.1 Å². The van der Waals surface area contributed by atoms with Crippen LogP contribution in [0.5, 0.6) is 5.75 Å². The number of hydrogen-bond donors (Lipinski definition) is 0. The Bertz CT molecular complexity index is 1080. The van der Waals surface area contributed by atoms with E-state index >= 15 is 0 Å². The summed E-state index contributed by atoms with van der Waals surface area (Å²) < 4.78 is 30.6. The third-order valence-electron chi connectivity index (χ3n) is 3.68. The van der Waals surface area contributed by atoms with Gasteiger partial charge in [0.05, 0.1) is 4.92 Å². The van der Waals surface area contributed by atoms with Crippen molar-refractivity contribution < 1.29 is 17.5 Å². The lowest BCUT2D eigenvalue weighted by Gasteiger charge is -2.09. The quantitative estimate of drug-likeness (QED) is 0.271. The molecule has 0 aromatic heterocycles. The molecule has 0 aliphatic carbocycles. The van der Waals surface area contributed by atoms with E-state index in [9.17, 15) is 18.5 Å². The summed E-state index contributed by atoms with van der Waals surface area (Å²) in [4.78, 5) is 10.2. The molecule has 0 amide bonds. The molecule has 0 unspecified atom stereocenters. The zero-order valence-corrected chi connectivity index (χ0v) is 14.9. The van der Waals surface area contributed by atoms with E-state index < -0.39 is 15.0 Å². The van der Waals surface area contributed by atoms with Crippen molar-refractivity contribution in [3.05, 3.63) is 100 Å². The van der Waals surface area contributed by atoms with Gasteiger partial charge >= 0.3 is 10.1 Å². The minimum absolute atomic E-state index is 0.127. The lowest BCUT2D eigenvalue weighted by Crippen LogP contribution is -2.11. The van der Waals surface area contributed by atoms with Crippen molar-refractivity contribution >= 4 is 28.0 Å². The van der Waals surface area contributed by atoms with E-state index in [2.05, 4.69) is 0 Å². The normalized spacial score (nSPS) is 11.4. The van der Waals surface area contributed by atoms with Crippen LogP contribution in [0.3, 0.4) is 0 Å². The second-order valence-electron chi connectivity index (χ2n) is 5.57. The summed E-state index contributed by atoms with van der Waals surface area (Å²) in [6.45, 7) is 0. The fourth-order valence-corrected chi connectivity index (χ4v) is 3.53. The van der Waals surface area contributed by atoms with E-state index in [1.165, 1.54) is 24.3 Å².